The van der Waals surface area contributed by atoms with Crippen LogP contribution in [0.15, 0.2) is 28.7 Å². The molecule has 1 aliphatic carbocycles. The molecule has 3 aromatic rings. The van der Waals surface area contributed by atoms with Crippen LogP contribution in [-0.2, 0) is 9.53 Å². The van der Waals surface area contributed by atoms with E-state index in [-0.39, 0.29) is 54.6 Å². The van der Waals surface area contributed by atoms with E-state index in [0.717, 1.165) is 16.7 Å². The van der Waals surface area contributed by atoms with E-state index in [2.05, 4.69) is 15.5 Å². The molecule has 0 saturated carbocycles. The van der Waals surface area contributed by atoms with Crippen molar-refractivity contribution < 1.29 is 38.0 Å². The molecule has 1 aromatic heterocycles. The van der Waals surface area contributed by atoms with Gasteiger partial charge in [0.2, 0.25) is 18.4 Å². The zero-order chi connectivity index (χ0) is 24.3. The van der Waals surface area contributed by atoms with Crippen molar-refractivity contribution in [3.05, 3.63) is 46.8 Å². The van der Waals surface area contributed by atoms with Crippen LogP contribution in [0.1, 0.15) is 34.5 Å². The number of aryl methyl sites for hydroxylation is 1. The zero-order valence-corrected chi connectivity index (χ0v) is 19.2. The van der Waals surface area contributed by atoms with E-state index in [4.69, 9.17) is 28.1 Å². The molecule has 0 spiro atoms. The molecular weight excluding hydrogens is 458 g/mol. The highest BCUT2D eigenvalue weighted by molar-refractivity contribution is 5.79. The second-order valence-electron chi connectivity index (χ2n) is 8.65. The molecule has 0 unspecified atom stereocenters. The smallest absolute Gasteiger partial charge is 0.315 e. The van der Waals surface area contributed by atoms with Gasteiger partial charge in [-0.3, -0.25) is 4.79 Å². The molecule has 11 heteroatoms. The molecule has 2 N–H and O–H groups in total. The van der Waals surface area contributed by atoms with Crippen LogP contribution in [0.5, 0.6) is 28.7 Å². The number of benzene rings is 2. The maximum absolute atomic E-state index is 13.1. The van der Waals surface area contributed by atoms with Crippen molar-refractivity contribution in [3.63, 3.8) is 0 Å². The summed E-state index contributed by atoms with van der Waals surface area (Å²) in [5.41, 5.74) is 2.47. The van der Waals surface area contributed by atoms with Gasteiger partial charge in [-0.15, -0.1) is 5.10 Å². The Labute approximate surface area is 199 Å². The van der Waals surface area contributed by atoms with Gasteiger partial charge in [-0.05, 0) is 41.0 Å². The summed E-state index contributed by atoms with van der Waals surface area (Å²) in [7, 11) is 2.92. The minimum atomic E-state index is -0.539. The van der Waals surface area contributed by atoms with Gasteiger partial charge in [-0.1, -0.05) is 5.10 Å². The largest absolute Gasteiger partial charge is 0.502 e. The number of hydrogen-bond acceptors (Lipinski definition) is 11. The average molecular weight is 481 g/mol. The predicted octanol–water partition coefficient (Wildman–Crippen LogP) is 2.92. The van der Waals surface area contributed by atoms with E-state index in [1.54, 1.807) is 19.1 Å². The molecule has 1 fully saturated rings. The normalized spacial score (nSPS) is 23.9. The zero-order valence-electron chi connectivity index (χ0n) is 19.2. The van der Waals surface area contributed by atoms with Crippen LogP contribution < -0.4 is 24.3 Å². The molecule has 0 radical (unpaired) electrons. The van der Waals surface area contributed by atoms with Crippen molar-refractivity contribution >= 4 is 12.0 Å². The molecule has 3 aliphatic rings. The molecule has 182 valence electrons. The quantitative estimate of drug-likeness (QED) is 0.521. The van der Waals surface area contributed by atoms with Gasteiger partial charge in [0, 0.05) is 18.8 Å². The Morgan fingerprint density at radius 3 is 2.31 bits per heavy atom. The van der Waals surface area contributed by atoms with Gasteiger partial charge in [-0.2, -0.15) is 0 Å². The number of phenolic OH excluding ortho intramolecular Hbond substituents is 1. The number of nitrogens with zero attached hydrogens (tertiary/aromatic N) is 2. The lowest BCUT2D eigenvalue weighted by Crippen LogP contribution is -2.37. The number of anilines is 1. The molecule has 0 amide bonds. The van der Waals surface area contributed by atoms with Crippen LogP contribution in [0.4, 0.5) is 6.01 Å². The van der Waals surface area contributed by atoms with Crippen molar-refractivity contribution in [2.45, 2.75) is 18.9 Å². The van der Waals surface area contributed by atoms with Crippen LogP contribution in [0, 0.1) is 18.8 Å². The predicted molar refractivity (Wildman–Crippen MR) is 119 cm³/mol. The minimum absolute atomic E-state index is 0.111. The van der Waals surface area contributed by atoms with Crippen molar-refractivity contribution in [1.82, 2.24) is 10.2 Å². The summed E-state index contributed by atoms with van der Waals surface area (Å²) in [4.78, 5) is 13.1. The fourth-order valence-corrected chi connectivity index (χ4v) is 5.33. The molecular formula is C24H23N3O8. The number of carbonyl (C=O) groups excluding carboxylic acids is 1. The summed E-state index contributed by atoms with van der Waals surface area (Å²) in [5.74, 6) is 0.458. The third kappa shape index (κ3) is 3.29. The Balaban J connectivity index is 1.56. The van der Waals surface area contributed by atoms with Crippen LogP contribution in [0.3, 0.4) is 0 Å². The maximum Gasteiger partial charge on any atom is 0.315 e. The lowest BCUT2D eigenvalue weighted by molar-refractivity contribution is -0.141. The number of esters is 1. The Bertz CT molecular complexity index is 1300. The molecule has 2 aliphatic heterocycles. The summed E-state index contributed by atoms with van der Waals surface area (Å²) in [6.45, 7) is 2.03. The number of fused-ring (bicyclic) bond motifs is 3. The number of nitrogens with one attached hydrogen (secondary N) is 1. The SMILES string of the molecule is COc1cc([C@@H]2c3cc4c(cc3[C@@H](Nc3nnc(C)o3)[C@H]3COC(=O)[C@H]23)OCO4)cc(OC)c1O. The Morgan fingerprint density at radius 2 is 1.69 bits per heavy atom. The van der Waals surface area contributed by atoms with Gasteiger partial charge >= 0.3 is 12.0 Å². The van der Waals surface area contributed by atoms with Crippen LogP contribution in [0.2, 0.25) is 0 Å². The van der Waals surface area contributed by atoms with Crippen LogP contribution >= 0.6 is 0 Å². The summed E-state index contributed by atoms with van der Waals surface area (Å²) >= 11 is 0. The number of ether oxygens (including phenoxy) is 5. The van der Waals surface area contributed by atoms with E-state index in [0.29, 0.717) is 17.4 Å². The van der Waals surface area contributed by atoms with E-state index in [1.807, 2.05) is 12.1 Å². The fourth-order valence-electron chi connectivity index (χ4n) is 5.33. The lowest BCUT2D eigenvalue weighted by atomic mass is 9.65. The third-order valence-corrected chi connectivity index (χ3v) is 6.85. The van der Waals surface area contributed by atoms with Crippen molar-refractivity contribution in [1.29, 1.82) is 0 Å². The highest BCUT2D eigenvalue weighted by atomic mass is 16.7. The van der Waals surface area contributed by atoms with Crippen molar-refractivity contribution in [2.75, 3.05) is 32.9 Å². The van der Waals surface area contributed by atoms with Crippen LogP contribution in [-0.4, -0.2) is 48.9 Å². The van der Waals surface area contributed by atoms with Gasteiger partial charge in [0.05, 0.1) is 32.8 Å². The lowest BCUT2D eigenvalue weighted by Gasteiger charge is -2.39. The Morgan fingerprint density at radius 1 is 1.00 bits per heavy atom. The van der Waals surface area contributed by atoms with E-state index < -0.39 is 11.8 Å². The molecule has 35 heavy (non-hydrogen) atoms. The van der Waals surface area contributed by atoms with Crippen molar-refractivity contribution in [2.24, 2.45) is 11.8 Å². The van der Waals surface area contributed by atoms with Crippen LogP contribution in [0.25, 0.3) is 0 Å². The first-order valence-electron chi connectivity index (χ1n) is 11.1. The Hall–Kier alpha value is -4.15. The second kappa shape index (κ2) is 7.97. The van der Waals surface area contributed by atoms with E-state index in [1.165, 1.54) is 14.2 Å². The van der Waals surface area contributed by atoms with Gasteiger partial charge < -0.3 is 38.5 Å². The molecule has 3 heterocycles. The van der Waals surface area contributed by atoms with Gasteiger partial charge in [0.15, 0.2) is 23.0 Å². The number of methoxy groups -OCH3 is 2. The minimum Gasteiger partial charge on any atom is -0.502 e. The maximum atomic E-state index is 13.1. The average Bonchev–Trinajstić information content (AvgIpc) is 3.58. The van der Waals surface area contributed by atoms with Gasteiger partial charge in [0.1, 0.15) is 0 Å². The Kier molecular flexibility index (Phi) is 4.87. The number of aromatic nitrogens is 2. The first-order valence-corrected chi connectivity index (χ1v) is 11.1. The summed E-state index contributed by atoms with van der Waals surface area (Å²) in [6, 6.07) is 7.13. The first-order chi connectivity index (χ1) is 17.0. The number of phenols is 1. The molecule has 2 aromatic carbocycles. The number of cyclic esters (lactones) is 1. The summed E-state index contributed by atoms with van der Waals surface area (Å²) < 4.78 is 33.3. The standard InChI is InChI=1S/C24H23N3O8/c1-10-26-27-24(35-10)25-21-13-7-16-15(33-9-34-16)6-12(13)19(20-14(21)8-32-23(20)29)11-4-17(30-2)22(28)18(5-11)31-3/h4-7,14,19-21,28H,8-9H2,1-3H3,(H,25,27)/t14-,19+,20-,21+/m0/s1. The molecule has 4 atom stereocenters. The molecule has 11 nitrogen and oxygen atoms in total. The monoisotopic (exact) mass is 481 g/mol. The van der Waals surface area contributed by atoms with E-state index in [9.17, 15) is 9.90 Å². The highest BCUT2D eigenvalue weighted by Crippen LogP contribution is 2.56. The fraction of sp³-hybridized carbons (Fsp3) is 0.375. The number of carbonyl (C=O) groups is 1. The second-order valence-corrected chi connectivity index (χ2v) is 8.65. The number of rotatable bonds is 5. The summed E-state index contributed by atoms with van der Waals surface area (Å²) in [5, 5.41) is 21.8. The molecule has 1 saturated heterocycles. The van der Waals surface area contributed by atoms with E-state index >= 15 is 0 Å². The molecule has 0 bridgehead atoms. The first kappa shape index (κ1) is 21.4. The topological polar surface area (TPSA) is 134 Å². The van der Waals surface area contributed by atoms with Crippen molar-refractivity contribution in [3.8, 4) is 28.7 Å². The highest BCUT2D eigenvalue weighted by Gasteiger charge is 2.53. The number of aromatic hydroxyl groups is 1. The number of hydrogen-bond donors (Lipinski definition) is 2. The van der Waals surface area contributed by atoms with Gasteiger partial charge in [0.25, 0.3) is 0 Å². The summed E-state index contributed by atoms with van der Waals surface area (Å²) in [6.07, 6.45) is 0. The molecule has 6 rings (SSSR count). The van der Waals surface area contributed by atoms with Gasteiger partial charge in [-0.25, -0.2) is 0 Å². The third-order valence-electron chi connectivity index (χ3n) is 6.85.